The van der Waals surface area contributed by atoms with E-state index < -0.39 is 11.5 Å². The molecule has 2 rings (SSSR count). The smallest absolute Gasteiger partial charge is 0.319 e. The summed E-state index contributed by atoms with van der Waals surface area (Å²) in [5, 5.41) is 0. The summed E-state index contributed by atoms with van der Waals surface area (Å²) >= 11 is 0. The number of amides is 4. The van der Waals surface area contributed by atoms with E-state index in [1.807, 2.05) is 25.7 Å². The lowest BCUT2D eigenvalue weighted by Crippen LogP contribution is -2.53. The molecule has 1 aliphatic heterocycles. The van der Waals surface area contributed by atoms with Crippen LogP contribution in [-0.2, 0) is 23.7 Å². The Morgan fingerprint density at radius 2 is 1.40 bits per heavy atom. The molecule has 2 N–H and O–H groups in total. The van der Waals surface area contributed by atoms with Gasteiger partial charge in [-0.3, -0.25) is 19.3 Å². The lowest BCUT2D eigenvalue weighted by molar-refractivity contribution is -0.156. The number of piperazine rings is 1. The first-order valence-electron chi connectivity index (χ1n) is 14.7. The molecule has 13 nitrogen and oxygen atoms in total. The zero-order valence-electron chi connectivity index (χ0n) is 26.3. The first kappa shape index (κ1) is 35.9. The number of benzene rings is 1. The Morgan fingerprint density at radius 1 is 0.814 bits per heavy atom. The van der Waals surface area contributed by atoms with Crippen LogP contribution < -0.4 is 5.73 Å². The number of urea groups is 1. The van der Waals surface area contributed by atoms with Gasteiger partial charge in [-0.05, 0) is 39.0 Å². The van der Waals surface area contributed by atoms with Crippen molar-refractivity contribution in [3.63, 3.8) is 0 Å². The predicted molar refractivity (Wildman–Crippen MR) is 161 cm³/mol. The quantitative estimate of drug-likeness (QED) is 0.205. The lowest BCUT2D eigenvalue weighted by Gasteiger charge is -2.37. The zero-order valence-corrected chi connectivity index (χ0v) is 26.3. The summed E-state index contributed by atoms with van der Waals surface area (Å²) in [6.45, 7) is 12.1. The van der Waals surface area contributed by atoms with Crippen LogP contribution in [0.3, 0.4) is 0 Å². The molecule has 43 heavy (non-hydrogen) atoms. The van der Waals surface area contributed by atoms with Crippen LogP contribution in [0.15, 0.2) is 24.3 Å². The number of nitrogens with zero attached hydrogens (tertiary/aromatic N) is 4. The van der Waals surface area contributed by atoms with Crippen molar-refractivity contribution in [2.75, 3.05) is 99.5 Å². The summed E-state index contributed by atoms with van der Waals surface area (Å²) in [6.07, 6.45) is 0.208. The number of hydrogen-bond donors (Lipinski definition) is 1. The van der Waals surface area contributed by atoms with Gasteiger partial charge in [-0.1, -0.05) is 6.07 Å². The van der Waals surface area contributed by atoms with E-state index in [9.17, 15) is 19.2 Å². The minimum absolute atomic E-state index is 0.0374. The number of ether oxygens (including phenoxy) is 4. The number of carbonyl (C=O) groups excluding carboxylic acids is 4. The topological polar surface area (TPSA) is 144 Å². The SMILES string of the molecule is CN(CCN1CCN(C(=O)N(C)CCOCCOCCOCCC(=O)OC(C)(C)C)CC1)C(=O)c1cccc(C(N)=O)c1. The highest BCUT2D eigenvalue weighted by Gasteiger charge is 2.24. The van der Waals surface area contributed by atoms with Gasteiger partial charge in [0, 0.05) is 71.0 Å². The zero-order chi connectivity index (χ0) is 31.8. The summed E-state index contributed by atoms with van der Waals surface area (Å²) in [6, 6.07) is 6.37. The fourth-order valence-electron chi connectivity index (χ4n) is 4.21. The molecule has 0 spiro atoms. The van der Waals surface area contributed by atoms with Crippen LogP contribution in [0.4, 0.5) is 4.79 Å². The maximum atomic E-state index is 12.8. The average Bonchev–Trinajstić information content (AvgIpc) is 2.97. The van der Waals surface area contributed by atoms with Gasteiger partial charge in [0.25, 0.3) is 5.91 Å². The normalized spacial score (nSPS) is 13.9. The summed E-state index contributed by atoms with van der Waals surface area (Å²) in [5.74, 6) is -1.02. The number of nitrogens with two attached hydrogens (primary N) is 1. The molecule has 0 radical (unpaired) electrons. The van der Waals surface area contributed by atoms with Gasteiger partial charge in [-0.25, -0.2) is 4.79 Å². The maximum absolute atomic E-state index is 12.8. The fraction of sp³-hybridized carbons (Fsp3) is 0.667. The van der Waals surface area contributed by atoms with Crippen molar-refractivity contribution in [1.82, 2.24) is 19.6 Å². The van der Waals surface area contributed by atoms with Gasteiger partial charge in [0.05, 0.1) is 46.1 Å². The van der Waals surface area contributed by atoms with Gasteiger partial charge in [0.15, 0.2) is 0 Å². The third-order valence-corrected chi connectivity index (χ3v) is 6.65. The fourth-order valence-corrected chi connectivity index (χ4v) is 4.21. The second kappa shape index (κ2) is 18.4. The van der Waals surface area contributed by atoms with Crippen LogP contribution in [0, 0.1) is 0 Å². The molecule has 1 aromatic rings. The van der Waals surface area contributed by atoms with Gasteiger partial charge >= 0.3 is 12.0 Å². The molecule has 1 fully saturated rings. The standard InChI is InChI=1S/C30H49N5O8/c1-30(2,3)43-26(36)9-17-40-19-21-42-22-20-41-18-16-33(5)29(39)35-14-12-34(13-15-35)11-10-32(4)28(38)25-8-6-7-24(23-25)27(31)37/h6-8,23H,9-22H2,1-5H3,(H2,31,37). The third-order valence-electron chi connectivity index (χ3n) is 6.65. The molecule has 0 bridgehead atoms. The van der Waals surface area contributed by atoms with Crippen molar-refractivity contribution in [3.8, 4) is 0 Å². The molecule has 0 aliphatic carbocycles. The highest BCUT2D eigenvalue weighted by molar-refractivity contribution is 5.99. The molecule has 13 heteroatoms. The van der Waals surface area contributed by atoms with Crippen LogP contribution >= 0.6 is 0 Å². The molecule has 0 unspecified atom stereocenters. The Balaban J connectivity index is 1.51. The Labute approximate surface area is 255 Å². The van der Waals surface area contributed by atoms with Crippen molar-refractivity contribution in [1.29, 1.82) is 0 Å². The number of likely N-dealkylation sites (N-methyl/N-ethyl adjacent to an activating group) is 2. The van der Waals surface area contributed by atoms with E-state index in [1.165, 1.54) is 6.07 Å². The van der Waals surface area contributed by atoms with Crippen LogP contribution in [0.5, 0.6) is 0 Å². The lowest BCUT2D eigenvalue weighted by atomic mass is 10.1. The van der Waals surface area contributed by atoms with Crippen LogP contribution in [0.1, 0.15) is 47.9 Å². The predicted octanol–water partition coefficient (Wildman–Crippen LogP) is 1.31. The van der Waals surface area contributed by atoms with Gasteiger partial charge < -0.3 is 39.4 Å². The third kappa shape index (κ3) is 14.2. The summed E-state index contributed by atoms with van der Waals surface area (Å²) in [7, 11) is 3.49. The second-order valence-corrected chi connectivity index (χ2v) is 11.4. The Morgan fingerprint density at radius 3 is 2.00 bits per heavy atom. The van der Waals surface area contributed by atoms with E-state index >= 15 is 0 Å². The number of primary amides is 1. The average molecular weight is 608 g/mol. The van der Waals surface area contributed by atoms with Crippen molar-refractivity contribution >= 4 is 23.8 Å². The van der Waals surface area contributed by atoms with Gasteiger partial charge in [-0.2, -0.15) is 0 Å². The molecule has 1 aliphatic rings. The van der Waals surface area contributed by atoms with Crippen molar-refractivity contribution in [2.45, 2.75) is 32.8 Å². The molecule has 0 atom stereocenters. The van der Waals surface area contributed by atoms with Crippen LogP contribution in [0.25, 0.3) is 0 Å². The second-order valence-electron chi connectivity index (χ2n) is 11.4. The van der Waals surface area contributed by atoms with Crippen LogP contribution in [-0.4, -0.2) is 149 Å². The molecule has 0 saturated carbocycles. The summed E-state index contributed by atoms with van der Waals surface area (Å²) in [5.41, 5.74) is 5.55. The first-order valence-corrected chi connectivity index (χ1v) is 14.7. The summed E-state index contributed by atoms with van der Waals surface area (Å²) in [4.78, 5) is 55.9. The minimum Gasteiger partial charge on any atom is -0.460 e. The van der Waals surface area contributed by atoms with E-state index in [2.05, 4.69) is 4.90 Å². The monoisotopic (exact) mass is 607 g/mol. The molecular weight excluding hydrogens is 558 g/mol. The maximum Gasteiger partial charge on any atom is 0.319 e. The number of rotatable bonds is 17. The Hall–Kier alpha value is -3.26. The highest BCUT2D eigenvalue weighted by atomic mass is 16.6. The van der Waals surface area contributed by atoms with Gasteiger partial charge in [0.2, 0.25) is 5.91 Å². The first-order chi connectivity index (χ1) is 20.4. The Kier molecular flexibility index (Phi) is 15.4. The van der Waals surface area contributed by atoms with Gasteiger partial charge in [-0.15, -0.1) is 0 Å². The van der Waals surface area contributed by atoms with Crippen molar-refractivity contribution in [2.24, 2.45) is 5.73 Å². The summed E-state index contributed by atoms with van der Waals surface area (Å²) < 4.78 is 21.6. The number of hydrogen-bond acceptors (Lipinski definition) is 9. The van der Waals surface area contributed by atoms with Gasteiger partial charge in [0.1, 0.15) is 5.60 Å². The minimum atomic E-state index is -0.568. The molecule has 4 amide bonds. The molecule has 1 heterocycles. The molecular formula is C30H49N5O8. The number of carbonyl (C=O) groups is 4. The Bertz CT molecular complexity index is 1040. The van der Waals surface area contributed by atoms with Crippen molar-refractivity contribution in [3.05, 3.63) is 35.4 Å². The largest absolute Gasteiger partial charge is 0.460 e. The highest BCUT2D eigenvalue weighted by Crippen LogP contribution is 2.10. The van der Waals surface area contributed by atoms with E-state index in [4.69, 9.17) is 24.7 Å². The molecule has 1 aromatic carbocycles. The van der Waals surface area contributed by atoms with E-state index in [0.717, 1.165) is 13.1 Å². The van der Waals surface area contributed by atoms with Crippen molar-refractivity contribution < 1.29 is 38.1 Å². The van der Waals surface area contributed by atoms with Crippen LogP contribution in [0.2, 0.25) is 0 Å². The molecule has 0 aromatic heterocycles. The van der Waals surface area contributed by atoms with E-state index in [-0.39, 0.29) is 24.3 Å². The molecule has 1 saturated heterocycles. The van der Waals surface area contributed by atoms with E-state index in [0.29, 0.717) is 83.5 Å². The number of esters is 1. The van der Waals surface area contributed by atoms with E-state index in [1.54, 1.807) is 42.1 Å². The molecule has 242 valence electrons.